The van der Waals surface area contributed by atoms with Crippen molar-refractivity contribution < 1.29 is 18.8 Å². The van der Waals surface area contributed by atoms with Gasteiger partial charge in [-0.25, -0.2) is 0 Å². The standard InChI is InChI=1S/C21H19NO4S/c1-27(25)14-15-6-5-7-16(12-15)22-21(24)19-13-18(10-11-20(19)23)26-17-8-3-2-4-9-17/h2-13,23H,14H2,1H3,(H,22,24). The number of benzene rings is 3. The summed E-state index contributed by atoms with van der Waals surface area (Å²) in [6.07, 6.45) is 1.63. The minimum atomic E-state index is -0.969. The van der Waals surface area contributed by atoms with E-state index in [2.05, 4.69) is 5.32 Å². The molecule has 1 unspecified atom stereocenters. The Bertz CT molecular complexity index is 973. The molecule has 0 fully saturated rings. The molecule has 5 nitrogen and oxygen atoms in total. The van der Waals surface area contributed by atoms with E-state index in [1.807, 2.05) is 24.3 Å². The molecule has 3 aromatic rings. The number of rotatable bonds is 6. The molecule has 1 atom stereocenters. The molecule has 0 aliphatic heterocycles. The highest BCUT2D eigenvalue weighted by atomic mass is 32.2. The minimum absolute atomic E-state index is 0.105. The number of phenolic OH excluding ortho intramolecular Hbond substituents is 1. The van der Waals surface area contributed by atoms with Gasteiger partial charge in [-0.05, 0) is 48.0 Å². The quantitative estimate of drug-likeness (QED) is 0.667. The molecule has 0 bridgehead atoms. The van der Waals surface area contributed by atoms with Crippen LogP contribution in [0.25, 0.3) is 0 Å². The Labute approximate surface area is 160 Å². The molecular formula is C21H19NO4S. The van der Waals surface area contributed by atoms with Crippen molar-refractivity contribution in [2.24, 2.45) is 0 Å². The van der Waals surface area contributed by atoms with Gasteiger partial charge in [0, 0.05) is 28.5 Å². The van der Waals surface area contributed by atoms with Gasteiger partial charge < -0.3 is 15.2 Å². The van der Waals surface area contributed by atoms with E-state index in [1.165, 1.54) is 12.1 Å². The molecular weight excluding hydrogens is 362 g/mol. The van der Waals surface area contributed by atoms with Crippen LogP contribution in [0, 0.1) is 0 Å². The van der Waals surface area contributed by atoms with E-state index < -0.39 is 16.7 Å². The second-order valence-electron chi connectivity index (χ2n) is 5.97. The molecule has 3 aromatic carbocycles. The molecule has 0 aliphatic rings. The predicted octanol–water partition coefficient (Wildman–Crippen LogP) is 4.32. The van der Waals surface area contributed by atoms with E-state index >= 15 is 0 Å². The topological polar surface area (TPSA) is 75.6 Å². The van der Waals surface area contributed by atoms with Crippen LogP contribution in [-0.4, -0.2) is 21.5 Å². The number of carbonyl (C=O) groups excluding carboxylic acids is 1. The number of hydrogen-bond donors (Lipinski definition) is 2. The lowest BCUT2D eigenvalue weighted by Gasteiger charge is -2.11. The first-order chi connectivity index (χ1) is 13.0. The summed E-state index contributed by atoms with van der Waals surface area (Å²) in [4.78, 5) is 12.6. The van der Waals surface area contributed by atoms with Gasteiger partial charge in [-0.2, -0.15) is 0 Å². The van der Waals surface area contributed by atoms with Gasteiger partial charge in [-0.3, -0.25) is 9.00 Å². The van der Waals surface area contributed by atoms with E-state index in [0.717, 1.165) is 5.56 Å². The number of ether oxygens (including phenoxy) is 1. The zero-order chi connectivity index (χ0) is 19.2. The number of hydrogen-bond acceptors (Lipinski definition) is 4. The van der Waals surface area contributed by atoms with E-state index in [1.54, 1.807) is 42.7 Å². The fraction of sp³-hybridized carbons (Fsp3) is 0.0952. The van der Waals surface area contributed by atoms with Crippen LogP contribution in [0.3, 0.4) is 0 Å². The van der Waals surface area contributed by atoms with Crippen molar-refractivity contribution in [2.45, 2.75) is 5.75 Å². The zero-order valence-electron chi connectivity index (χ0n) is 14.7. The molecule has 3 rings (SSSR count). The Morgan fingerprint density at radius 2 is 1.78 bits per heavy atom. The molecule has 0 spiro atoms. The van der Waals surface area contributed by atoms with Crippen molar-refractivity contribution in [1.29, 1.82) is 0 Å². The Balaban J connectivity index is 1.78. The fourth-order valence-corrected chi connectivity index (χ4v) is 3.21. The Hall–Kier alpha value is -3.12. The second kappa shape index (κ2) is 8.51. The van der Waals surface area contributed by atoms with Gasteiger partial charge in [0.15, 0.2) is 0 Å². The lowest BCUT2D eigenvalue weighted by Crippen LogP contribution is -2.12. The number of carbonyl (C=O) groups is 1. The molecule has 2 N–H and O–H groups in total. The van der Waals surface area contributed by atoms with Crippen molar-refractivity contribution in [3.63, 3.8) is 0 Å². The van der Waals surface area contributed by atoms with Crippen LogP contribution in [0.15, 0.2) is 72.8 Å². The maximum Gasteiger partial charge on any atom is 0.259 e. The molecule has 1 amide bonds. The normalized spacial score (nSPS) is 11.6. The van der Waals surface area contributed by atoms with Crippen molar-refractivity contribution >= 4 is 22.4 Å². The summed E-state index contributed by atoms with van der Waals surface area (Å²) in [5.41, 5.74) is 1.53. The second-order valence-corrected chi connectivity index (χ2v) is 7.40. The highest BCUT2D eigenvalue weighted by Gasteiger charge is 2.14. The van der Waals surface area contributed by atoms with Crippen molar-refractivity contribution in [3.05, 3.63) is 83.9 Å². The lowest BCUT2D eigenvalue weighted by atomic mass is 10.1. The molecule has 0 aliphatic carbocycles. The summed E-state index contributed by atoms with van der Waals surface area (Å²) in [5, 5.41) is 12.8. The molecule has 0 radical (unpaired) electrons. The summed E-state index contributed by atoms with van der Waals surface area (Å²) in [7, 11) is -0.969. The van der Waals surface area contributed by atoms with Crippen molar-refractivity contribution in [1.82, 2.24) is 0 Å². The van der Waals surface area contributed by atoms with Crippen LogP contribution in [-0.2, 0) is 16.6 Å². The zero-order valence-corrected chi connectivity index (χ0v) is 15.5. The van der Waals surface area contributed by atoms with E-state index in [9.17, 15) is 14.1 Å². The average Bonchev–Trinajstić information content (AvgIpc) is 2.64. The van der Waals surface area contributed by atoms with E-state index in [-0.39, 0.29) is 11.3 Å². The third-order valence-corrected chi connectivity index (χ3v) is 4.49. The third-order valence-electron chi connectivity index (χ3n) is 3.75. The molecule has 6 heteroatoms. The molecule has 27 heavy (non-hydrogen) atoms. The maximum absolute atomic E-state index is 12.6. The number of nitrogens with one attached hydrogen (secondary N) is 1. The summed E-state index contributed by atoms with van der Waals surface area (Å²) >= 11 is 0. The number of aromatic hydroxyl groups is 1. The monoisotopic (exact) mass is 381 g/mol. The Morgan fingerprint density at radius 1 is 1.00 bits per heavy atom. The van der Waals surface area contributed by atoms with Crippen LogP contribution in [0.4, 0.5) is 5.69 Å². The van der Waals surface area contributed by atoms with Gasteiger partial charge in [0.1, 0.15) is 17.2 Å². The lowest BCUT2D eigenvalue weighted by molar-refractivity contribution is 0.102. The van der Waals surface area contributed by atoms with E-state index in [0.29, 0.717) is 22.9 Å². The van der Waals surface area contributed by atoms with Gasteiger partial charge in [0.2, 0.25) is 0 Å². The van der Waals surface area contributed by atoms with Crippen LogP contribution in [0.2, 0.25) is 0 Å². The molecule has 0 saturated carbocycles. The van der Waals surface area contributed by atoms with Gasteiger partial charge in [-0.15, -0.1) is 0 Å². The average molecular weight is 381 g/mol. The highest BCUT2D eigenvalue weighted by molar-refractivity contribution is 7.83. The van der Waals surface area contributed by atoms with Crippen LogP contribution >= 0.6 is 0 Å². The highest BCUT2D eigenvalue weighted by Crippen LogP contribution is 2.27. The van der Waals surface area contributed by atoms with Crippen LogP contribution in [0.5, 0.6) is 17.2 Å². The molecule has 0 saturated heterocycles. The molecule has 0 heterocycles. The first kappa shape index (κ1) is 18.7. The summed E-state index contributed by atoms with van der Waals surface area (Å²) < 4.78 is 17.1. The fourth-order valence-electron chi connectivity index (χ4n) is 2.56. The first-order valence-electron chi connectivity index (χ1n) is 8.27. The summed E-state index contributed by atoms with van der Waals surface area (Å²) in [6.45, 7) is 0. The van der Waals surface area contributed by atoms with E-state index in [4.69, 9.17) is 4.74 Å². The maximum atomic E-state index is 12.6. The number of phenols is 1. The van der Waals surface area contributed by atoms with Crippen molar-refractivity contribution in [3.8, 4) is 17.2 Å². The smallest absolute Gasteiger partial charge is 0.259 e. The molecule has 0 aromatic heterocycles. The van der Waals surface area contributed by atoms with Gasteiger partial charge in [0.05, 0.1) is 5.56 Å². The summed E-state index contributed by atoms with van der Waals surface area (Å²) in [6, 6.07) is 20.8. The van der Waals surface area contributed by atoms with Gasteiger partial charge in [0.25, 0.3) is 5.91 Å². The minimum Gasteiger partial charge on any atom is -0.507 e. The number of anilines is 1. The van der Waals surface area contributed by atoms with Gasteiger partial charge in [-0.1, -0.05) is 30.3 Å². The SMILES string of the molecule is CS(=O)Cc1cccc(NC(=O)c2cc(Oc3ccccc3)ccc2O)c1. The summed E-state index contributed by atoms with van der Waals surface area (Å²) in [5.74, 6) is 0.892. The van der Waals surface area contributed by atoms with Gasteiger partial charge >= 0.3 is 0 Å². The van der Waals surface area contributed by atoms with Crippen LogP contribution < -0.4 is 10.1 Å². The van der Waals surface area contributed by atoms with Crippen molar-refractivity contribution in [2.75, 3.05) is 11.6 Å². The number of para-hydroxylation sites is 1. The molecule has 138 valence electrons. The largest absolute Gasteiger partial charge is 0.507 e. The Kier molecular flexibility index (Phi) is 5.88. The number of amides is 1. The first-order valence-corrected chi connectivity index (χ1v) is 10.0. The predicted molar refractivity (Wildman–Crippen MR) is 107 cm³/mol. The van der Waals surface area contributed by atoms with Crippen LogP contribution in [0.1, 0.15) is 15.9 Å². The third kappa shape index (κ3) is 5.18. The Morgan fingerprint density at radius 3 is 2.52 bits per heavy atom.